The van der Waals surface area contributed by atoms with Crippen molar-refractivity contribution in [2.45, 2.75) is 58.7 Å². The van der Waals surface area contributed by atoms with Gasteiger partial charge in [0.25, 0.3) is 0 Å². The van der Waals surface area contributed by atoms with Gasteiger partial charge in [0.1, 0.15) is 5.82 Å². The van der Waals surface area contributed by atoms with E-state index in [-0.39, 0.29) is 0 Å². The molecule has 0 atom stereocenters. The molecule has 1 aliphatic carbocycles. The van der Waals surface area contributed by atoms with Gasteiger partial charge in [-0.3, -0.25) is 0 Å². The molecule has 18 heavy (non-hydrogen) atoms. The van der Waals surface area contributed by atoms with Gasteiger partial charge in [-0.1, -0.05) is 19.9 Å². The van der Waals surface area contributed by atoms with E-state index < -0.39 is 0 Å². The summed E-state index contributed by atoms with van der Waals surface area (Å²) in [7, 11) is 2.16. The third-order valence-electron chi connectivity index (χ3n) is 3.87. The average molecular weight is 247 g/mol. The Bertz CT molecular complexity index is 397. The Balaban J connectivity index is 2.04. The number of hydrogen-bond acceptors (Lipinski definition) is 3. The molecule has 0 saturated heterocycles. The molecule has 0 amide bonds. The highest BCUT2D eigenvalue weighted by Gasteiger charge is 2.23. The van der Waals surface area contributed by atoms with Crippen LogP contribution >= 0.6 is 0 Å². The molecule has 3 nitrogen and oxygen atoms in total. The van der Waals surface area contributed by atoms with Gasteiger partial charge in [-0.05, 0) is 37.8 Å². The lowest BCUT2D eigenvalue weighted by atomic mass is 9.92. The second-order valence-corrected chi connectivity index (χ2v) is 5.65. The lowest BCUT2D eigenvalue weighted by Gasteiger charge is -2.35. The first kappa shape index (κ1) is 13.3. The Morgan fingerprint density at radius 3 is 2.61 bits per heavy atom. The monoisotopic (exact) mass is 247 g/mol. The molecule has 0 bridgehead atoms. The Hall–Kier alpha value is -1.09. The zero-order chi connectivity index (χ0) is 13.1. The van der Waals surface area contributed by atoms with Crippen LogP contribution in [0.25, 0.3) is 0 Å². The van der Waals surface area contributed by atoms with E-state index in [0.717, 1.165) is 18.1 Å². The van der Waals surface area contributed by atoms with E-state index in [2.05, 4.69) is 50.2 Å². The summed E-state index contributed by atoms with van der Waals surface area (Å²) in [4.78, 5) is 7.07. The van der Waals surface area contributed by atoms with Crippen molar-refractivity contribution in [1.82, 2.24) is 10.3 Å². The summed E-state index contributed by atoms with van der Waals surface area (Å²) in [6.07, 6.45) is 3.99. The fourth-order valence-electron chi connectivity index (χ4n) is 2.24. The summed E-state index contributed by atoms with van der Waals surface area (Å²) in [5.41, 5.74) is 2.45. The zero-order valence-electron chi connectivity index (χ0n) is 12.0. The van der Waals surface area contributed by atoms with Gasteiger partial charge >= 0.3 is 0 Å². The van der Waals surface area contributed by atoms with Crippen molar-refractivity contribution >= 4 is 5.82 Å². The van der Waals surface area contributed by atoms with Crippen LogP contribution in [-0.2, 0) is 6.54 Å². The lowest BCUT2D eigenvalue weighted by molar-refractivity contribution is 0.399. The highest BCUT2D eigenvalue weighted by Crippen LogP contribution is 2.27. The molecule has 1 N–H and O–H groups in total. The van der Waals surface area contributed by atoms with E-state index in [1.807, 2.05) is 0 Å². The minimum atomic E-state index is 0.515. The molecule has 1 heterocycles. The lowest BCUT2D eigenvalue weighted by Crippen LogP contribution is -2.37. The summed E-state index contributed by atoms with van der Waals surface area (Å²) < 4.78 is 0. The molecule has 100 valence electrons. The van der Waals surface area contributed by atoms with Gasteiger partial charge < -0.3 is 10.2 Å². The van der Waals surface area contributed by atoms with E-state index >= 15 is 0 Å². The van der Waals surface area contributed by atoms with Gasteiger partial charge in [0.2, 0.25) is 0 Å². The Morgan fingerprint density at radius 2 is 2.11 bits per heavy atom. The number of nitrogens with one attached hydrogen (secondary N) is 1. The Kier molecular flexibility index (Phi) is 4.23. The number of aryl methyl sites for hydroxylation is 1. The van der Waals surface area contributed by atoms with E-state index in [1.54, 1.807) is 0 Å². The minimum Gasteiger partial charge on any atom is -0.357 e. The first-order chi connectivity index (χ1) is 8.58. The molecule has 1 saturated carbocycles. The molecule has 2 rings (SSSR count). The van der Waals surface area contributed by atoms with Crippen LogP contribution in [0, 0.1) is 6.92 Å². The van der Waals surface area contributed by atoms with Crippen LogP contribution in [0.5, 0.6) is 0 Å². The van der Waals surface area contributed by atoms with E-state index in [9.17, 15) is 0 Å². The van der Waals surface area contributed by atoms with Crippen LogP contribution in [0.3, 0.4) is 0 Å². The van der Waals surface area contributed by atoms with Crippen LogP contribution < -0.4 is 10.2 Å². The summed E-state index contributed by atoms with van der Waals surface area (Å²) >= 11 is 0. The van der Waals surface area contributed by atoms with Crippen molar-refractivity contribution in [2.24, 2.45) is 0 Å². The molecule has 1 fully saturated rings. The minimum absolute atomic E-state index is 0.515. The van der Waals surface area contributed by atoms with Crippen molar-refractivity contribution < 1.29 is 0 Å². The van der Waals surface area contributed by atoms with E-state index in [0.29, 0.717) is 12.1 Å². The molecular formula is C15H25N3. The van der Waals surface area contributed by atoms with Crippen LogP contribution in [0.15, 0.2) is 12.1 Å². The third-order valence-corrected chi connectivity index (χ3v) is 3.87. The first-order valence-electron chi connectivity index (χ1n) is 7.00. The van der Waals surface area contributed by atoms with Gasteiger partial charge in [0.15, 0.2) is 0 Å². The normalized spacial score (nSPS) is 15.8. The third kappa shape index (κ3) is 3.02. The molecular weight excluding hydrogens is 222 g/mol. The van der Waals surface area contributed by atoms with E-state index in [4.69, 9.17) is 4.98 Å². The van der Waals surface area contributed by atoms with Crippen molar-refractivity contribution in [3.05, 3.63) is 23.4 Å². The van der Waals surface area contributed by atoms with Crippen molar-refractivity contribution in [3.63, 3.8) is 0 Å². The molecule has 1 aromatic rings. The summed E-state index contributed by atoms with van der Waals surface area (Å²) in [6, 6.07) is 5.59. The summed E-state index contributed by atoms with van der Waals surface area (Å²) in [5, 5.41) is 3.44. The maximum absolute atomic E-state index is 4.74. The second kappa shape index (κ2) is 5.70. The number of hydrogen-bond donors (Lipinski definition) is 1. The predicted octanol–water partition coefficient (Wildman–Crippen LogP) is 2.88. The van der Waals surface area contributed by atoms with Crippen LogP contribution in [0.4, 0.5) is 5.82 Å². The Morgan fingerprint density at radius 1 is 1.39 bits per heavy atom. The molecule has 0 unspecified atom stereocenters. The number of aromatic nitrogens is 1. The quantitative estimate of drug-likeness (QED) is 0.867. The molecule has 1 aromatic heterocycles. The SMILES string of the molecule is Cc1nc(N(C)C2CCC2)ccc1CNC(C)C. The van der Waals surface area contributed by atoms with Crippen molar-refractivity contribution in [2.75, 3.05) is 11.9 Å². The molecule has 0 aliphatic heterocycles. The topological polar surface area (TPSA) is 28.2 Å². The van der Waals surface area contributed by atoms with Gasteiger partial charge in [-0.25, -0.2) is 4.98 Å². The zero-order valence-corrected chi connectivity index (χ0v) is 12.0. The van der Waals surface area contributed by atoms with Crippen LogP contribution in [0.1, 0.15) is 44.4 Å². The number of nitrogens with zero attached hydrogens (tertiary/aromatic N) is 2. The van der Waals surface area contributed by atoms with Crippen LogP contribution in [0.2, 0.25) is 0 Å². The second-order valence-electron chi connectivity index (χ2n) is 5.65. The van der Waals surface area contributed by atoms with Crippen molar-refractivity contribution in [3.8, 4) is 0 Å². The predicted molar refractivity (Wildman–Crippen MR) is 77.0 cm³/mol. The highest BCUT2D eigenvalue weighted by atomic mass is 15.2. The van der Waals surface area contributed by atoms with Crippen LogP contribution in [-0.4, -0.2) is 24.1 Å². The first-order valence-corrected chi connectivity index (χ1v) is 7.00. The average Bonchev–Trinajstić information content (AvgIpc) is 2.24. The fraction of sp³-hybridized carbons (Fsp3) is 0.667. The summed E-state index contributed by atoms with van der Waals surface area (Å²) in [5.74, 6) is 1.12. The Labute approximate surface area is 111 Å². The van der Waals surface area contributed by atoms with Gasteiger partial charge in [0, 0.05) is 31.4 Å². The van der Waals surface area contributed by atoms with Crippen molar-refractivity contribution in [1.29, 1.82) is 0 Å². The molecule has 3 heteroatoms. The molecule has 1 aliphatic rings. The van der Waals surface area contributed by atoms with Gasteiger partial charge in [0.05, 0.1) is 0 Å². The molecule has 0 aromatic carbocycles. The maximum atomic E-state index is 4.74. The largest absolute Gasteiger partial charge is 0.357 e. The smallest absolute Gasteiger partial charge is 0.128 e. The highest BCUT2D eigenvalue weighted by molar-refractivity contribution is 5.42. The maximum Gasteiger partial charge on any atom is 0.128 e. The molecule has 0 spiro atoms. The van der Waals surface area contributed by atoms with E-state index in [1.165, 1.54) is 24.8 Å². The van der Waals surface area contributed by atoms with Gasteiger partial charge in [-0.2, -0.15) is 0 Å². The number of pyridine rings is 1. The standard InChI is InChI=1S/C15H25N3/c1-11(2)16-10-13-8-9-15(17-12(13)3)18(4)14-6-5-7-14/h8-9,11,14,16H,5-7,10H2,1-4H3. The number of rotatable bonds is 5. The summed E-state index contributed by atoms with van der Waals surface area (Å²) in [6.45, 7) is 7.35. The number of anilines is 1. The molecule has 0 radical (unpaired) electrons. The van der Waals surface area contributed by atoms with Gasteiger partial charge in [-0.15, -0.1) is 0 Å². The fourth-order valence-corrected chi connectivity index (χ4v) is 2.24.